The fourth-order valence-electron chi connectivity index (χ4n) is 4.45. The second-order valence-corrected chi connectivity index (χ2v) is 13.4. The van der Waals surface area contributed by atoms with Crippen molar-refractivity contribution in [1.82, 2.24) is 0 Å². The smallest absolute Gasteiger partial charge is 0.468 e. The Morgan fingerprint density at radius 2 is 1.12 bits per heavy atom. The highest BCUT2D eigenvalue weighted by atomic mass is 32.3. The van der Waals surface area contributed by atoms with Gasteiger partial charge in [0.05, 0.1) is 18.8 Å². The first kappa shape index (κ1) is 30.5. The van der Waals surface area contributed by atoms with E-state index in [-0.39, 0.29) is 41.8 Å². The molecule has 0 saturated heterocycles. The normalized spacial score (nSPS) is 13.8. The van der Waals surface area contributed by atoms with E-state index < -0.39 is 38.2 Å². The first-order valence-corrected chi connectivity index (χ1v) is 17.3. The van der Waals surface area contributed by atoms with Crippen LogP contribution in [0.15, 0.2) is 83.1 Å². The summed E-state index contributed by atoms with van der Waals surface area (Å²) in [6, 6.07) is 25.3. The van der Waals surface area contributed by atoms with Crippen molar-refractivity contribution in [3.05, 3.63) is 99.8 Å². The van der Waals surface area contributed by atoms with Crippen LogP contribution in [0.5, 0.6) is 0 Å². The van der Waals surface area contributed by atoms with Gasteiger partial charge in [-0.3, -0.25) is 9.05 Å². The van der Waals surface area contributed by atoms with Gasteiger partial charge in [0.25, 0.3) is 0 Å². The van der Waals surface area contributed by atoms with Gasteiger partial charge in [0.15, 0.2) is 0 Å². The van der Waals surface area contributed by atoms with E-state index in [0.717, 1.165) is 28.1 Å². The summed E-state index contributed by atoms with van der Waals surface area (Å²) in [4.78, 5) is 2.17. The molecule has 13 heteroatoms. The largest absolute Gasteiger partial charge is 0.608 e. The summed E-state index contributed by atoms with van der Waals surface area (Å²) < 4.78 is 80.1. The zero-order valence-electron chi connectivity index (χ0n) is 21.4. The van der Waals surface area contributed by atoms with E-state index >= 15 is 0 Å². The molecule has 40 heavy (non-hydrogen) atoms. The molecule has 0 N–H and O–H groups in total. The zero-order valence-corrected chi connectivity index (χ0v) is 24.8. The minimum Gasteiger partial charge on any atom is -0.608 e. The van der Waals surface area contributed by atoms with Gasteiger partial charge in [0, 0.05) is 64.2 Å². The van der Waals surface area contributed by atoms with E-state index in [9.17, 15) is 27.4 Å². The molecule has 0 fully saturated rings. The van der Waals surface area contributed by atoms with Crippen LogP contribution in [0, 0.1) is 0 Å². The monoisotopic (exact) mass is 619 g/mol. The van der Waals surface area contributed by atoms with E-state index in [2.05, 4.69) is 13.9 Å². The SMILES string of the molecule is O=P(=O)OCCC[S+]([O-])C(=C1c2ccccc2N(Cc2ccccc2)c2ccccc21)[S+]([O-])CCCOP(=O)=O. The molecule has 3 aromatic rings. The van der Waals surface area contributed by atoms with Crippen molar-refractivity contribution < 1.29 is 36.4 Å². The number of rotatable bonds is 14. The number of benzene rings is 3. The van der Waals surface area contributed by atoms with Crippen LogP contribution < -0.4 is 4.90 Å². The van der Waals surface area contributed by atoms with Crippen LogP contribution in [-0.4, -0.2) is 33.8 Å². The maximum Gasteiger partial charge on any atom is 0.468 e. The number of fused-ring (bicyclic) bond motifs is 2. The molecule has 1 heterocycles. The van der Waals surface area contributed by atoms with Gasteiger partial charge >= 0.3 is 20.1 Å². The molecular weight excluding hydrogens is 592 g/mol. The average molecular weight is 620 g/mol. The van der Waals surface area contributed by atoms with Gasteiger partial charge in [0.2, 0.25) is 0 Å². The van der Waals surface area contributed by atoms with E-state index in [4.69, 9.17) is 0 Å². The summed E-state index contributed by atoms with van der Waals surface area (Å²) >= 11 is -3.51. The maximum atomic E-state index is 13.8. The van der Waals surface area contributed by atoms with Crippen LogP contribution in [0.2, 0.25) is 0 Å². The van der Waals surface area contributed by atoms with Crippen LogP contribution in [-0.2, 0) is 56.2 Å². The van der Waals surface area contributed by atoms with Crippen LogP contribution in [0.3, 0.4) is 0 Å². The van der Waals surface area contributed by atoms with Gasteiger partial charge in [-0.15, -0.1) is 0 Å². The highest BCUT2D eigenvalue weighted by Crippen LogP contribution is 2.48. The van der Waals surface area contributed by atoms with Gasteiger partial charge in [-0.05, 0) is 17.7 Å². The molecule has 9 nitrogen and oxygen atoms in total. The molecule has 0 radical (unpaired) electrons. The molecule has 0 saturated carbocycles. The number of hydrogen-bond donors (Lipinski definition) is 0. The Morgan fingerprint density at radius 1 is 0.675 bits per heavy atom. The van der Waals surface area contributed by atoms with E-state index in [1.54, 1.807) is 0 Å². The van der Waals surface area contributed by atoms with Gasteiger partial charge in [-0.2, -0.15) is 0 Å². The number of hydrogen-bond acceptors (Lipinski definition) is 9. The molecule has 2 atom stereocenters. The molecule has 0 amide bonds. The third-order valence-corrected chi connectivity index (χ3v) is 10.5. The second kappa shape index (κ2) is 15.0. The van der Waals surface area contributed by atoms with Crippen LogP contribution >= 0.6 is 15.8 Å². The summed E-state index contributed by atoms with van der Waals surface area (Å²) in [5, 5.41) is 0. The molecule has 1 aliphatic heterocycles. The van der Waals surface area contributed by atoms with Gasteiger partial charge in [-0.1, -0.05) is 66.7 Å². The standard InChI is InChI=1S/C27H27NO8P2S2/c29-37(30)35-16-8-18-39(33)27(40(34)19-9-17-36-38(31)32)26-22-12-4-6-14-24(22)28(20-21-10-2-1-3-11-21)25-15-7-5-13-23(25)26/h1-7,10-15H,8-9,16-20H2. The average Bonchev–Trinajstić information content (AvgIpc) is 2.95. The molecular formula is C27H27NO8P2S2. The van der Waals surface area contributed by atoms with Crippen molar-refractivity contribution in [3.63, 3.8) is 0 Å². The minimum absolute atomic E-state index is 0.0364. The van der Waals surface area contributed by atoms with Crippen LogP contribution in [0.1, 0.15) is 29.5 Å². The van der Waals surface area contributed by atoms with E-state index in [0.29, 0.717) is 12.1 Å². The van der Waals surface area contributed by atoms with Gasteiger partial charge < -0.3 is 14.0 Å². The second-order valence-electron chi connectivity index (χ2n) is 8.69. The number of para-hydroxylation sites is 2. The Bertz CT molecular complexity index is 1380. The molecule has 0 bridgehead atoms. The molecule has 0 spiro atoms. The van der Waals surface area contributed by atoms with Crippen molar-refractivity contribution in [2.24, 2.45) is 0 Å². The number of anilines is 2. The lowest BCUT2D eigenvalue weighted by molar-refractivity contribution is 0.304. The van der Waals surface area contributed by atoms with E-state index in [1.165, 1.54) is 0 Å². The minimum atomic E-state index is -3.02. The van der Waals surface area contributed by atoms with Crippen molar-refractivity contribution in [2.75, 3.05) is 29.6 Å². The molecule has 2 unspecified atom stereocenters. The Labute approximate surface area is 239 Å². The van der Waals surface area contributed by atoms with Gasteiger partial charge in [0.1, 0.15) is 11.5 Å². The summed E-state index contributed by atoms with van der Waals surface area (Å²) in [5.41, 5.74) is 4.97. The summed E-state index contributed by atoms with van der Waals surface area (Å²) in [5.74, 6) is 0.0729. The first-order chi connectivity index (χ1) is 19.4. The third kappa shape index (κ3) is 7.84. The molecule has 1 aliphatic rings. The fourth-order valence-corrected chi connectivity index (χ4v) is 8.36. The van der Waals surface area contributed by atoms with Crippen LogP contribution in [0.4, 0.5) is 11.4 Å². The lowest BCUT2D eigenvalue weighted by atomic mass is 9.91. The van der Waals surface area contributed by atoms with Crippen molar-refractivity contribution in [3.8, 4) is 0 Å². The number of nitrogens with zero attached hydrogens (tertiary/aromatic N) is 1. The highest BCUT2D eigenvalue weighted by Gasteiger charge is 2.38. The fraction of sp³-hybridized carbons (Fsp3) is 0.259. The van der Waals surface area contributed by atoms with Crippen molar-refractivity contribution >= 4 is 55.1 Å². The molecule has 0 aliphatic carbocycles. The Hall–Kier alpha value is -2.46. The van der Waals surface area contributed by atoms with Crippen molar-refractivity contribution in [2.45, 2.75) is 19.4 Å². The van der Waals surface area contributed by atoms with E-state index in [1.807, 2.05) is 78.9 Å². The molecule has 4 rings (SSSR count). The predicted octanol–water partition coefficient (Wildman–Crippen LogP) is 6.54. The first-order valence-electron chi connectivity index (χ1n) is 12.4. The molecule has 0 aromatic heterocycles. The zero-order chi connectivity index (χ0) is 28.5. The Balaban J connectivity index is 1.79. The lowest BCUT2D eigenvalue weighted by Crippen LogP contribution is -2.27. The topological polar surface area (TPSA) is 136 Å². The molecule has 3 aromatic carbocycles. The van der Waals surface area contributed by atoms with Crippen LogP contribution in [0.25, 0.3) is 5.57 Å². The van der Waals surface area contributed by atoms with Crippen molar-refractivity contribution in [1.29, 1.82) is 0 Å². The quantitative estimate of drug-likeness (QED) is 0.112. The Morgan fingerprint density at radius 3 is 1.60 bits per heavy atom. The summed E-state index contributed by atoms with van der Waals surface area (Å²) in [6.45, 7) is 0.309. The predicted molar refractivity (Wildman–Crippen MR) is 155 cm³/mol. The summed E-state index contributed by atoms with van der Waals surface area (Å²) in [7, 11) is -6.04. The maximum absolute atomic E-state index is 13.8. The lowest BCUT2D eigenvalue weighted by Gasteiger charge is -2.35. The molecule has 210 valence electrons. The third-order valence-electron chi connectivity index (χ3n) is 6.07. The highest BCUT2D eigenvalue weighted by molar-refractivity contribution is 8.14. The van der Waals surface area contributed by atoms with Gasteiger partial charge in [-0.25, -0.2) is 18.3 Å². The summed E-state index contributed by atoms with van der Waals surface area (Å²) in [6.07, 6.45) is 0.347. The Kier molecular flexibility index (Phi) is 11.4.